The molecule has 0 bridgehead atoms. The monoisotopic (exact) mass is 802 g/mol. The van der Waals surface area contributed by atoms with Crippen molar-refractivity contribution in [3.8, 4) is 5.75 Å². The summed E-state index contributed by atoms with van der Waals surface area (Å²) in [5.41, 5.74) is -0.506. The van der Waals surface area contributed by atoms with Crippen LogP contribution in [0.3, 0.4) is 0 Å². The molecule has 0 aliphatic heterocycles. The van der Waals surface area contributed by atoms with E-state index in [9.17, 15) is 29.4 Å². The third-order valence-corrected chi connectivity index (χ3v) is 8.59. The number of hydrogen-bond acceptors (Lipinski definition) is 8. The standard InChI is InChI=1S/C46H59ClN2O8/c1-4-5-6-7-8-9-10-11-12-13-14-15-16-17-18-19-20-21-22-23-42(52)49-41(44(54)56-35-36(33-50)34-51)32-48-45(55)46(2,3)57-40-30-26-38(27-31-40)43(53)37-24-28-39(47)29-25-37/h5-6,8-9,11-12,14-15,17-18,20-21,24-31,36,41,50-51H,4,7,10,13,16,19,22-23,32-35H2,1-3H3,(H,48,55)(H,49,52)/b6-5-,9-8-,12-11-,15-14-,18-17-,21-20-. The van der Waals surface area contributed by atoms with Crippen LogP contribution in [0.4, 0.5) is 0 Å². The van der Waals surface area contributed by atoms with Gasteiger partial charge in [0.25, 0.3) is 5.91 Å². The van der Waals surface area contributed by atoms with Crippen molar-refractivity contribution >= 4 is 35.2 Å². The van der Waals surface area contributed by atoms with E-state index in [2.05, 4.69) is 78.3 Å². The maximum atomic E-state index is 13.2. The maximum Gasteiger partial charge on any atom is 0.330 e. The minimum Gasteiger partial charge on any atom is -0.478 e. The molecule has 11 heteroatoms. The number of carbonyl (C=O) groups excluding carboxylic acids is 4. The summed E-state index contributed by atoms with van der Waals surface area (Å²) in [6.45, 7) is 3.85. The number of amides is 2. The van der Waals surface area contributed by atoms with E-state index in [4.69, 9.17) is 21.1 Å². The number of ketones is 1. The highest BCUT2D eigenvalue weighted by atomic mass is 35.5. The molecule has 2 aromatic carbocycles. The molecular formula is C46H59ClN2O8. The summed E-state index contributed by atoms with van der Waals surface area (Å²) in [6.07, 6.45) is 31.3. The fraction of sp³-hybridized carbons (Fsp3) is 0.391. The van der Waals surface area contributed by atoms with Crippen LogP contribution < -0.4 is 15.4 Å². The number of allylic oxidation sites excluding steroid dienone is 12. The molecule has 4 N–H and O–H groups in total. The van der Waals surface area contributed by atoms with Crippen molar-refractivity contribution in [2.24, 2.45) is 5.92 Å². The Kier molecular flexibility index (Phi) is 24.0. The number of benzene rings is 2. The SMILES string of the molecule is CC/C=C\C/C=C\C/C=C\C/C=C\C/C=C\C/C=C\CCC(=O)NC(CNC(=O)C(C)(C)Oc1ccc(C(=O)c2ccc(Cl)cc2)cc1)C(=O)OCC(CO)CO. The van der Waals surface area contributed by atoms with E-state index in [0.29, 0.717) is 28.3 Å². The topological polar surface area (TPSA) is 151 Å². The van der Waals surface area contributed by atoms with Crippen LogP contribution in [0.5, 0.6) is 5.75 Å². The van der Waals surface area contributed by atoms with Gasteiger partial charge in [0.1, 0.15) is 11.8 Å². The van der Waals surface area contributed by atoms with Crippen molar-refractivity contribution in [3.63, 3.8) is 0 Å². The van der Waals surface area contributed by atoms with Crippen LogP contribution in [0.15, 0.2) is 121 Å². The Hall–Kier alpha value is -5.03. The number of aliphatic hydroxyl groups excluding tert-OH is 2. The van der Waals surface area contributed by atoms with E-state index in [0.717, 1.165) is 38.5 Å². The predicted octanol–water partition coefficient (Wildman–Crippen LogP) is 7.95. The average molecular weight is 803 g/mol. The molecule has 2 amide bonds. The molecule has 0 saturated heterocycles. The van der Waals surface area contributed by atoms with Crippen molar-refractivity contribution in [2.75, 3.05) is 26.4 Å². The van der Waals surface area contributed by atoms with Gasteiger partial charge in [-0.05, 0) is 107 Å². The van der Waals surface area contributed by atoms with Crippen molar-refractivity contribution in [3.05, 3.63) is 138 Å². The molecule has 0 radical (unpaired) electrons. The van der Waals surface area contributed by atoms with Crippen molar-refractivity contribution in [2.45, 2.75) is 83.8 Å². The highest BCUT2D eigenvalue weighted by Gasteiger charge is 2.32. The van der Waals surface area contributed by atoms with Crippen molar-refractivity contribution < 1.29 is 38.9 Å². The Balaban J connectivity index is 1.83. The summed E-state index contributed by atoms with van der Waals surface area (Å²) in [5.74, 6) is -2.37. The normalized spacial score (nSPS) is 12.8. The molecule has 2 aromatic rings. The number of esters is 1. The smallest absolute Gasteiger partial charge is 0.330 e. The van der Waals surface area contributed by atoms with Crippen molar-refractivity contribution in [1.82, 2.24) is 10.6 Å². The summed E-state index contributed by atoms with van der Waals surface area (Å²) in [6, 6.07) is 11.7. The summed E-state index contributed by atoms with van der Waals surface area (Å²) in [4.78, 5) is 51.8. The summed E-state index contributed by atoms with van der Waals surface area (Å²) in [7, 11) is 0. The molecule has 0 fully saturated rings. The van der Waals surface area contributed by atoms with Gasteiger partial charge in [0, 0.05) is 35.0 Å². The number of hydrogen-bond donors (Lipinski definition) is 4. The first-order chi connectivity index (χ1) is 27.5. The van der Waals surface area contributed by atoms with Crippen LogP contribution in [0, 0.1) is 5.92 Å². The molecule has 0 aliphatic carbocycles. The number of ether oxygens (including phenoxy) is 2. The Labute approximate surface area is 343 Å². The second-order valence-electron chi connectivity index (χ2n) is 13.6. The molecular weight excluding hydrogens is 744 g/mol. The second-order valence-corrected chi connectivity index (χ2v) is 14.1. The zero-order valence-electron chi connectivity index (χ0n) is 33.4. The van der Waals surface area contributed by atoms with Gasteiger partial charge in [-0.3, -0.25) is 14.4 Å². The summed E-state index contributed by atoms with van der Waals surface area (Å²) in [5, 5.41) is 24.5. The van der Waals surface area contributed by atoms with Crippen LogP contribution in [0.2, 0.25) is 5.02 Å². The van der Waals surface area contributed by atoms with Gasteiger partial charge in [0.15, 0.2) is 11.4 Å². The molecule has 308 valence electrons. The quantitative estimate of drug-likeness (QED) is 0.0404. The van der Waals surface area contributed by atoms with Gasteiger partial charge in [-0.25, -0.2) is 4.79 Å². The van der Waals surface area contributed by atoms with E-state index in [1.165, 1.54) is 0 Å². The fourth-order valence-electron chi connectivity index (χ4n) is 4.97. The lowest BCUT2D eigenvalue weighted by Gasteiger charge is -2.27. The van der Waals surface area contributed by atoms with Crippen LogP contribution in [0.25, 0.3) is 0 Å². The van der Waals surface area contributed by atoms with Crippen LogP contribution >= 0.6 is 11.6 Å². The second kappa shape index (κ2) is 28.4. The highest BCUT2D eigenvalue weighted by molar-refractivity contribution is 6.30. The Morgan fingerprint density at radius 2 is 1.19 bits per heavy atom. The molecule has 57 heavy (non-hydrogen) atoms. The van der Waals surface area contributed by atoms with Crippen molar-refractivity contribution in [1.29, 1.82) is 0 Å². The van der Waals surface area contributed by atoms with E-state index >= 15 is 0 Å². The molecule has 1 atom stereocenters. The molecule has 0 spiro atoms. The number of halogens is 1. The first-order valence-electron chi connectivity index (χ1n) is 19.5. The molecule has 0 heterocycles. The largest absolute Gasteiger partial charge is 0.478 e. The third kappa shape index (κ3) is 20.6. The van der Waals surface area contributed by atoms with E-state index in [-0.39, 0.29) is 25.4 Å². The Bertz CT molecular complexity index is 1690. The molecule has 0 aromatic heterocycles. The van der Waals surface area contributed by atoms with Gasteiger partial charge in [0.2, 0.25) is 5.91 Å². The Morgan fingerprint density at radius 3 is 1.68 bits per heavy atom. The van der Waals surface area contributed by atoms with E-state index < -0.39 is 48.6 Å². The first kappa shape index (κ1) is 48.1. The number of carbonyl (C=O) groups is 4. The van der Waals surface area contributed by atoms with Gasteiger partial charge in [0.05, 0.1) is 19.8 Å². The van der Waals surface area contributed by atoms with Crippen LogP contribution in [-0.2, 0) is 19.1 Å². The summed E-state index contributed by atoms with van der Waals surface area (Å²) < 4.78 is 11.2. The zero-order valence-corrected chi connectivity index (χ0v) is 34.2. The first-order valence-corrected chi connectivity index (χ1v) is 19.8. The zero-order chi connectivity index (χ0) is 41.7. The lowest BCUT2D eigenvalue weighted by molar-refractivity contribution is -0.150. The lowest BCUT2D eigenvalue weighted by atomic mass is 10.0. The molecule has 0 aliphatic rings. The van der Waals surface area contributed by atoms with Gasteiger partial charge in [-0.2, -0.15) is 0 Å². The maximum absolute atomic E-state index is 13.2. The Morgan fingerprint density at radius 1 is 0.719 bits per heavy atom. The summed E-state index contributed by atoms with van der Waals surface area (Å²) >= 11 is 5.93. The molecule has 2 rings (SSSR count). The van der Waals surface area contributed by atoms with Gasteiger partial charge in [-0.15, -0.1) is 0 Å². The average Bonchev–Trinajstić information content (AvgIpc) is 3.20. The third-order valence-electron chi connectivity index (χ3n) is 8.34. The highest BCUT2D eigenvalue weighted by Crippen LogP contribution is 2.21. The van der Waals surface area contributed by atoms with Gasteiger partial charge >= 0.3 is 5.97 Å². The van der Waals surface area contributed by atoms with Gasteiger partial charge in [-0.1, -0.05) is 91.4 Å². The molecule has 0 saturated carbocycles. The number of aliphatic hydroxyl groups is 2. The van der Waals surface area contributed by atoms with Gasteiger partial charge < -0.3 is 30.3 Å². The fourth-order valence-corrected chi connectivity index (χ4v) is 5.09. The number of rotatable bonds is 27. The lowest BCUT2D eigenvalue weighted by Crippen LogP contribution is -2.54. The molecule has 10 nitrogen and oxygen atoms in total. The van der Waals surface area contributed by atoms with E-state index in [1.807, 2.05) is 12.2 Å². The van der Waals surface area contributed by atoms with Crippen LogP contribution in [0.1, 0.15) is 88.1 Å². The minimum absolute atomic E-state index is 0.0981. The molecule has 1 unspecified atom stereocenters. The predicted molar refractivity (Wildman–Crippen MR) is 227 cm³/mol. The number of nitrogens with one attached hydrogen (secondary N) is 2. The van der Waals surface area contributed by atoms with E-state index in [1.54, 1.807) is 62.4 Å². The minimum atomic E-state index is -1.41. The van der Waals surface area contributed by atoms with Crippen LogP contribution in [-0.4, -0.2) is 71.8 Å².